The lowest BCUT2D eigenvalue weighted by Crippen LogP contribution is -2.47. The maximum atomic E-state index is 11.2. The number of hydrogen-bond donors (Lipinski definition) is 2. The fourth-order valence-corrected chi connectivity index (χ4v) is 2.89. The number of nitrogens with one attached hydrogen (secondary N) is 1. The molecule has 0 bridgehead atoms. The summed E-state index contributed by atoms with van der Waals surface area (Å²) in [6, 6.07) is -0.138. The van der Waals surface area contributed by atoms with E-state index < -0.39 is 0 Å². The molecule has 1 aliphatic heterocycles. The zero-order valence-corrected chi connectivity index (χ0v) is 12.5. The third-order valence-electron chi connectivity index (χ3n) is 3.16. The Morgan fingerprint density at radius 3 is 2.84 bits per heavy atom. The first-order valence-corrected chi connectivity index (χ1v) is 7.28. The SMILES string of the molecule is CC(C)(C)c1nsc(NC2CCCN(C(N)=O)C2)n1. The second kappa shape index (κ2) is 5.32. The van der Waals surface area contributed by atoms with Gasteiger partial charge in [-0.2, -0.15) is 4.37 Å². The summed E-state index contributed by atoms with van der Waals surface area (Å²) in [5.41, 5.74) is 5.28. The van der Waals surface area contributed by atoms with Crippen molar-refractivity contribution in [2.75, 3.05) is 18.4 Å². The number of nitrogens with zero attached hydrogens (tertiary/aromatic N) is 3. The highest BCUT2D eigenvalue weighted by molar-refractivity contribution is 7.09. The molecular weight excluding hydrogens is 262 g/mol. The Morgan fingerprint density at radius 1 is 1.53 bits per heavy atom. The topological polar surface area (TPSA) is 84.1 Å². The summed E-state index contributed by atoms with van der Waals surface area (Å²) in [6.07, 6.45) is 1.99. The fourth-order valence-electron chi connectivity index (χ4n) is 2.06. The van der Waals surface area contributed by atoms with E-state index in [0.717, 1.165) is 30.3 Å². The van der Waals surface area contributed by atoms with Crippen LogP contribution in [0, 0.1) is 0 Å². The number of piperidine rings is 1. The molecular formula is C12H21N5OS. The molecule has 1 saturated heterocycles. The zero-order valence-electron chi connectivity index (χ0n) is 11.6. The van der Waals surface area contributed by atoms with Gasteiger partial charge in [-0.3, -0.25) is 0 Å². The molecule has 19 heavy (non-hydrogen) atoms. The first kappa shape index (κ1) is 14.0. The van der Waals surface area contributed by atoms with Crippen molar-refractivity contribution in [2.45, 2.75) is 45.1 Å². The molecule has 1 atom stereocenters. The molecule has 6 nitrogen and oxygen atoms in total. The number of urea groups is 1. The minimum Gasteiger partial charge on any atom is -0.356 e. The Balaban J connectivity index is 1.97. The smallest absolute Gasteiger partial charge is 0.314 e. The van der Waals surface area contributed by atoms with E-state index in [1.54, 1.807) is 4.90 Å². The maximum absolute atomic E-state index is 11.2. The van der Waals surface area contributed by atoms with Crippen molar-refractivity contribution in [1.82, 2.24) is 14.3 Å². The largest absolute Gasteiger partial charge is 0.356 e. The number of carbonyl (C=O) groups is 1. The van der Waals surface area contributed by atoms with Crippen LogP contribution in [0.3, 0.4) is 0 Å². The number of anilines is 1. The molecule has 1 fully saturated rings. The lowest BCUT2D eigenvalue weighted by molar-refractivity contribution is 0.192. The van der Waals surface area contributed by atoms with Gasteiger partial charge in [0.25, 0.3) is 0 Å². The van der Waals surface area contributed by atoms with Crippen molar-refractivity contribution in [3.8, 4) is 0 Å². The summed E-state index contributed by atoms with van der Waals surface area (Å²) in [5.74, 6) is 0.850. The number of primary amides is 1. The summed E-state index contributed by atoms with van der Waals surface area (Å²) in [4.78, 5) is 17.4. The van der Waals surface area contributed by atoms with Crippen LogP contribution in [0.15, 0.2) is 0 Å². The highest BCUT2D eigenvalue weighted by atomic mass is 32.1. The van der Waals surface area contributed by atoms with Gasteiger partial charge in [-0.15, -0.1) is 0 Å². The van der Waals surface area contributed by atoms with Crippen molar-refractivity contribution in [2.24, 2.45) is 5.73 Å². The van der Waals surface area contributed by atoms with Gasteiger partial charge in [0.15, 0.2) is 0 Å². The Bertz CT molecular complexity index is 453. The number of likely N-dealkylation sites (tertiary alicyclic amines) is 1. The molecule has 1 aliphatic rings. The van der Waals surface area contributed by atoms with Gasteiger partial charge in [0.05, 0.1) is 0 Å². The lowest BCUT2D eigenvalue weighted by Gasteiger charge is -2.31. The number of carbonyl (C=O) groups excluding carboxylic acids is 1. The summed E-state index contributed by atoms with van der Waals surface area (Å²) in [5, 5.41) is 4.17. The van der Waals surface area contributed by atoms with Gasteiger partial charge in [-0.1, -0.05) is 20.8 Å². The summed E-state index contributed by atoms with van der Waals surface area (Å²) >= 11 is 1.37. The predicted molar refractivity (Wildman–Crippen MR) is 76.4 cm³/mol. The molecule has 1 aromatic heterocycles. The van der Waals surface area contributed by atoms with Crippen molar-refractivity contribution in [3.05, 3.63) is 5.82 Å². The van der Waals surface area contributed by atoms with Crippen LogP contribution < -0.4 is 11.1 Å². The molecule has 0 radical (unpaired) electrons. The molecule has 0 spiro atoms. The van der Waals surface area contributed by atoms with E-state index in [1.807, 2.05) is 0 Å². The Kier molecular flexibility index (Phi) is 3.93. The Hall–Kier alpha value is -1.37. The monoisotopic (exact) mass is 283 g/mol. The summed E-state index contributed by atoms with van der Waals surface area (Å²) < 4.78 is 4.37. The van der Waals surface area contributed by atoms with Gasteiger partial charge in [-0.25, -0.2) is 9.78 Å². The zero-order chi connectivity index (χ0) is 14.0. The summed E-state index contributed by atoms with van der Waals surface area (Å²) in [6.45, 7) is 7.66. The number of amides is 2. The van der Waals surface area contributed by atoms with Crippen LogP contribution in [-0.4, -0.2) is 39.4 Å². The van der Waals surface area contributed by atoms with E-state index in [2.05, 4.69) is 35.4 Å². The van der Waals surface area contributed by atoms with Gasteiger partial charge >= 0.3 is 6.03 Å². The average molecular weight is 283 g/mol. The highest BCUT2D eigenvalue weighted by Gasteiger charge is 2.24. The number of nitrogens with two attached hydrogens (primary N) is 1. The van der Waals surface area contributed by atoms with E-state index in [9.17, 15) is 4.79 Å². The predicted octanol–water partition coefficient (Wildman–Crippen LogP) is 1.79. The fraction of sp³-hybridized carbons (Fsp3) is 0.750. The molecule has 1 aromatic rings. The minimum atomic E-state index is -0.348. The third-order valence-corrected chi connectivity index (χ3v) is 3.80. The van der Waals surface area contributed by atoms with Crippen molar-refractivity contribution in [3.63, 3.8) is 0 Å². The average Bonchev–Trinajstić information content (AvgIpc) is 2.77. The number of hydrogen-bond acceptors (Lipinski definition) is 5. The van der Waals surface area contributed by atoms with Gasteiger partial charge in [-0.05, 0) is 12.8 Å². The van der Waals surface area contributed by atoms with Gasteiger partial charge in [0.1, 0.15) is 5.82 Å². The molecule has 0 saturated carbocycles. The number of rotatable bonds is 2. The minimum absolute atomic E-state index is 0.0394. The Labute approximate surface area is 117 Å². The van der Waals surface area contributed by atoms with Gasteiger partial charge < -0.3 is 16.0 Å². The summed E-state index contributed by atoms with van der Waals surface area (Å²) in [7, 11) is 0. The highest BCUT2D eigenvalue weighted by Crippen LogP contribution is 2.24. The van der Waals surface area contributed by atoms with Crippen molar-refractivity contribution >= 4 is 22.7 Å². The molecule has 2 heterocycles. The van der Waals surface area contributed by atoms with Crippen molar-refractivity contribution in [1.29, 1.82) is 0 Å². The second-order valence-corrected chi connectivity index (χ2v) is 6.69. The molecule has 0 aliphatic carbocycles. The van der Waals surface area contributed by atoms with Crippen molar-refractivity contribution < 1.29 is 4.79 Å². The molecule has 0 aromatic carbocycles. The van der Waals surface area contributed by atoms with Crippen LogP contribution in [0.25, 0.3) is 0 Å². The van der Waals surface area contributed by atoms with Crippen LogP contribution in [0.5, 0.6) is 0 Å². The first-order valence-electron chi connectivity index (χ1n) is 6.51. The van der Waals surface area contributed by atoms with E-state index in [4.69, 9.17) is 5.73 Å². The van der Waals surface area contributed by atoms with Crippen LogP contribution >= 0.6 is 11.5 Å². The normalized spacial score (nSPS) is 20.4. The maximum Gasteiger partial charge on any atom is 0.314 e. The van der Waals surface area contributed by atoms with E-state index >= 15 is 0 Å². The van der Waals surface area contributed by atoms with E-state index in [-0.39, 0.29) is 17.5 Å². The standard InChI is InChI=1S/C12H21N5OS/c1-12(2,3)9-15-11(19-16-9)14-8-5-4-6-17(7-8)10(13)18/h8H,4-7H2,1-3H3,(H2,13,18)(H,14,15,16). The van der Waals surface area contributed by atoms with E-state index in [1.165, 1.54) is 11.5 Å². The second-order valence-electron chi connectivity index (χ2n) is 5.94. The molecule has 3 N–H and O–H groups in total. The molecule has 106 valence electrons. The van der Waals surface area contributed by atoms with Crippen LogP contribution in [0.1, 0.15) is 39.4 Å². The van der Waals surface area contributed by atoms with Crippen LogP contribution in [-0.2, 0) is 5.41 Å². The molecule has 7 heteroatoms. The lowest BCUT2D eigenvalue weighted by atomic mass is 9.96. The van der Waals surface area contributed by atoms with Crippen LogP contribution in [0.2, 0.25) is 0 Å². The first-order chi connectivity index (χ1) is 8.86. The molecule has 2 rings (SSSR count). The quantitative estimate of drug-likeness (QED) is 0.866. The Morgan fingerprint density at radius 2 is 2.26 bits per heavy atom. The molecule has 2 amide bonds. The van der Waals surface area contributed by atoms with Gasteiger partial charge in [0.2, 0.25) is 5.13 Å². The van der Waals surface area contributed by atoms with E-state index in [0.29, 0.717) is 6.54 Å². The van der Waals surface area contributed by atoms with Gasteiger partial charge in [0, 0.05) is 36.1 Å². The third kappa shape index (κ3) is 3.56. The van der Waals surface area contributed by atoms with Crippen LogP contribution in [0.4, 0.5) is 9.93 Å². The number of aromatic nitrogens is 2. The molecule has 1 unspecified atom stereocenters.